The minimum absolute atomic E-state index is 0.117. The third-order valence-electron chi connectivity index (χ3n) is 3.07. The molecule has 0 bridgehead atoms. The van der Waals surface area contributed by atoms with Gasteiger partial charge in [0.15, 0.2) is 0 Å². The average Bonchev–Trinajstić information content (AvgIpc) is 2.63. The van der Waals surface area contributed by atoms with Crippen molar-refractivity contribution in [2.45, 2.75) is 43.8 Å². The maximum atomic E-state index is 12.2. The number of hydrogen-bond acceptors (Lipinski definition) is 3. The molecule has 3 unspecified atom stereocenters. The third kappa shape index (κ3) is 3.07. The molecule has 3 nitrogen and oxygen atoms in total. The molecule has 0 amide bonds. The Morgan fingerprint density at radius 2 is 2.24 bits per heavy atom. The van der Waals surface area contributed by atoms with Crippen LogP contribution in [0.3, 0.4) is 0 Å². The number of nitrogens with two attached hydrogens (primary N) is 1. The van der Waals surface area contributed by atoms with Gasteiger partial charge in [0.2, 0.25) is 0 Å². The largest absolute Gasteiger partial charge is 0.398 e. The molecular formula is C13H19NO2S. The fourth-order valence-corrected chi connectivity index (χ4v) is 3.45. The lowest BCUT2D eigenvalue weighted by atomic mass is 10.2. The van der Waals surface area contributed by atoms with Crippen LogP contribution in [0.15, 0.2) is 23.1 Å². The van der Waals surface area contributed by atoms with Crippen LogP contribution >= 0.6 is 0 Å². The fourth-order valence-electron chi connectivity index (χ4n) is 2.14. The van der Waals surface area contributed by atoms with Gasteiger partial charge in [-0.15, -0.1) is 0 Å². The van der Waals surface area contributed by atoms with Crippen molar-refractivity contribution in [1.29, 1.82) is 0 Å². The number of anilines is 1. The summed E-state index contributed by atoms with van der Waals surface area (Å²) in [5, 5.41) is 0. The molecular weight excluding hydrogens is 234 g/mol. The monoisotopic (exact) mass is 253 g/mol. The summed E-state index contributed by atoms with van der Waals surface area (Å²) in [4.78, 5) is 0.735. The van der Waals surface area contributed by atoms with Gasteiger partial charge in [-0.1, -0.05) is 6.07 Å². The Kier molecular flexibility index (Phi) is 3.84. The van der Waals surface area contributed by atoms with Crippen LogP contribution in [0.25, 0.3) is 0 Å². The van der Waals surface area contributed by atoms with Crippen molar-refractivity contribution >= 4 is 16.5 Å². The van der Waals surface area contributed by atoms with Crippen molar-refractivity contribution in [1.82, 2.24) is 0 Å². The normalized spacial score (nSPS) is 26.0. The Bertz CT molecular complexity index is 433. The molecule has 1 heterocycles. The van der Waals surface area contributed by atoms with Crippen molar-refractivity contribution in [3.63, 3.8) is 0 Å². The number of rotatable bonds is 3. The van der Waals surface area contributed by atoms with Crippen molar-refractivity contribution in [3.8, 4) is 0 Å². The molecule has 4 heteroatoms. The molecule has 2 N–H and O–H groups in total. The number of nitrogen functional groups attached to an aromatic ring is 1. The summed E-state index contributed by atoms with van der Waals surface area (Å²) in [7, 11) is -1.06. The van der Waals surface area contributed by atoms with Crippen LogP contribution in [0.2, 0.25) is 0 Å². The van der Waals surface area contributed by atoms with E-state index in [0.717, 1.165) is 23.3 Å². The Labute approximate surface area is 105 Å². The van der Waals surface area contributed by atoms with Crippen LogP contribution in [-0.2, 0) is 15.5 Å². The quantitative estimate of drug-likeness (QED) is 0.841. The van der Waals surface area contributed by atoms with E-state index in [0.29, 0.717) is 17.5 Å². The van der Waals surface area contributed by atoms with Crippen LogP contribution in [0.5, 0.6) is 0 Å². The minimum Gasteiger partial charge on any atom is -0.398 e. The summed E-state index contributed by atoms with van der Waals surface area (Å²) < 4.78 is 17.9. The molecule has 1 aliphatic rings. The molecule has 0 spiro atoms. The second-order valence-corrected chi connectivity index (χ2v) is 6.16. The summed E-state index contributed by atoms with van der Waals surface area (Å²) in [6.45, 7) is 4.04. The van der Waals surface area contributed by atoms with Crippen molar-refractivity contribution < 1.29 is 8.95 Å². The van der Waals surface area contributed by atoms with Crippen LogP contribution in [0.1, 0.15) is 25.3 Å². The standard InChI is InChI=1S/C13H19NO2S/c1-9-3-6-13(12(14)7-9)17(15)8-11-5-4-10(2)16-11/h3,6-7,10-11H,4-5,8,14H2,1-2H3. The van der Waals surface area contributed by atoms with E-state index in [1.807, 2.05) is 25.1 Å². The van der Waals surface area contributed by atoms with Gasteiger partial charge >= 0.3 is 0 Å². The first-order valence-electron chi connectivity index (χ1n) is 5.96. The predicted molar refractivity (Wildman–Crippen MR) is 70.4 cm³/mol. The zero-order valence-corrected chi connectivity index (χ0v) is 11.1. The highest BCUT2D eigenvalue weighted by Gasteiger charge is 2.24. The number of ether oxygens (including phenoxy) is 1. The molecule has 1 aromatic carbocycles. The van der Waals surface area contributed by atoms with Gasteiger partial charge in [-0.2, -0.15) is 0 Å². The van der Waals surface area contributed by atoms with Gasteiger partial charge in [0.1, 0.15) is 0 Å². The van der Waals surface area contributed by atoms with Crippen LogP contribution < -0.4 is 5.73 Å². The van der Waals surface area contributed by atoms with Gasteiger partial charge in [-0.25, -0.2) is 0 Å². The summed E-state index contributed by atoms with van der Waals surface area (Å²) in [6.07, 6.45) is 2.48. The highest BCUT2D eigenvalue weighted by molar-refractivity contribution is 7.85. The molecule has 3 atom stereocenters. The van der Waals surface area contributed by atoms with E-state index >= 15 is 0 Å². The molecule has 1 aliphatic heterocycles. The van der Waals surface area contributed by atoms with Gasteiger partial charge in [-0.05, 0) is 44.4 Å². The Hall–Kier alpha value is -0.870. The second kappa shape index (κ2) is 5.19. The summed E-state index contributed by atoms with van der Waals surface area (Å²) in [5.74, 6) is 0.553. The lowest BCUT2D eigenvalue weighted by Gasteiger charge is -2.12. The predicted octanol–water partition coefficient (Wildman–Crippen LogP) is 2.25. The Morgan fingerprint density at radius 1 is 1.47 bits per heavy atom. The van der Waals surface area contributed by atoms with Crippen LogP contribution in [0, 0.1) is 6.92 Å². The van der Waals surface area contributed by atoms with Crippen molar-refractivity contribution in [2.24, 2.45) is 0 Å². The van der Waals surface area contributed by atoms with E-state index in [1.165, 1.54) is 0 Å². The molecule has 2 rings (SSSR count). The first-order valence-corrected chi connectivity index (χ1v) is 7.28. The van der Waals surface area contributed by atoms with Crippen molar-refractivity contribution in [3.05, 3.63) is 23.8 Å². The van der Waals surface area contributed by atoms with E-state index in [-0.39, 0.29) is 6.10 Å². The van der Waals surface area contributed by atoms with Gasteiger partial charge in [-0.3, -0.25) is 4.21 Å². The number of aryl methyl sites for hydroxylation is 1. The van der Waals surface area contributed by atoms with Gasteiger partial charge < -0.3 is 10.5 Å². The van der Waals surface area contributed by atoms with E-state index in [1.54, 1.807) is 0 Å². The third-order valence-corrected chi connectivity index (χ3v) is 4.60. The first-order chi connectivity index (χ1) is 8.06. The van der Waals surface area contributed by atoms with Gasteiger partial charge in [0.25, 0.3) is 0 Å². The first kappa shape index (κ1) is 12.6. The topological polar surface area (TPSA) is 52.3 Å². The molecule has 0 radical (unpaired) electrons. The molecule has 94 valence electrons. The summed E-state index contributed by atoms with van der Waals surface area (Å²) >= 11 is 0. The van der Waals surface area contributed by atoms with Crippen LogP contribution in [0.4, 0.5) is 5.69 Å². The van der Waals surface area contributed by atoms with Crippen LogP contribution in [-0.4, -0.2) is 22.2 Å². The Balaban J connectivity index is 2.04. The molecule has 0 aliphatic carbocycles. The molecule has 0 saturated carbocycles. The maximum absolute atomic E-state index is 12.2. The summed E-state index contributed by atoms with van der Waals surface area (Å²) in [6, 6.07) is 5.67. The second-order valence-electron chi connectivity index (χ2n) is 4.70. The van der Waals surface area contributed by atoms with E-state index in [9.17, 15) is 4.21 Å². The van der Waals surface area contributed by atoms with E-state index < -0.39 is 10.8 Å². The molecule has 17 heavy (non-hydrogen) atoms. The minimum atomic E-state index is -1.06. The molecule has 1 aromatic rings. The van der Waals surface area contributed by atoms with E-state index in [2.05, 4.69) is 6.92 Å². The zero-order chi connectivity index (χ0) is 12.4. The van der Waals surface area contributed by atoms with Gasteiger partial charge in [0.05, 0.1) is 33.7 Å². The smallest absolute Gasteiger partial charge is 0.0698 e. The SMILES string of the molecule is Cc1ccc(S(=O)CC2CCC(C)O2)c(N)c1. The Morgan fingerprint density at radius 3 is 2.82 bits per heavy atom. The molecule has 1 saturated heterocycles. The highest BCUT2D eigenvalue weighted by atomic mass is 32.2. The lowest BCUT2D eigenvalue weighted by Crippen LogP contribution is -2.17. The summed E-state index contributed by atoms with van der Waals surface area (Å²) in [5.41, 5.74) is 7.60. The maximum Gasteiger partial charge on any atom is 0.0698 e. The highest BCUT2D eigenvalue weighted by Crippen LogP contribution is 2.24. The molecule has 1 fully saturated rings. The van der Waals surface area contributed by atoms with Gasteiger partial charge in [0, 0.05) is 5.69 Å². The lowest BCUT2D eigenvalue weighted by molar-refractivity contribution is 0.0695. The molecule has 0 aromatic heterocycles. The van der Waals surface area contributed by atoms with Crippen molar-refractivity contribution in [2.75, 3.05) is 11.5 Å². The fraction of sp³-hybridized carbons (Fsp3) is 0.538. The van der Waals surface area contributed by atoms with E-state index in [4.69, 9.17) is 10.5 Å². The number of benzene rings is 1. The number of hydrogen-bond donors (Lipinski definition) is 1. The average molecular weight is 253 g/mol. The zero-order valence-electron chi connectivity index (χ0n) is 10.3.